The summed E-state index contributed by atoms with van der Waals surface area (Å²) in [6.07, 6.45) is 1.71. The van der Waals surface area contributed by atoms with Crippen LogP contribution in [0, 0.1) is 5.92 Å². The molecule has 1 heterocycles. The van der Waals surface area contributed by atoms with Gasteiger partial charge in [-0.1, -0.05) is 54.6 Å². The Bertz CT molecular complexity index is 666. The maximum Gasteiger partial charge on any atom is 0.222 e. The van der Waals surface area contributed by atoms with Gasteiger partial charge in [-0.25, -0.2) is 0 Å². The Labute approximate surface area is 144 Å². The number of benzene rings is 2. The molecule has 0 saturated carbocycles. The van der Waals surface area contributed by atoms with Crippen molar-refractivity contribution >= 4 is 5.91 Å². The van der Waals surface area contributed by atoms with Gasteiger partial charge in [0.2, 0.25) is 5.91 Å². The maximum atomic E-state index is 11.6. The quantitative estimate of drug-likeness (QED) is 0.839. The summed E-state index contributed by atoms with van der Waals surface area (Å²) in [6.45, 7) is 2.87. The van der Waals surface area contributed by atoms with Crippen LogP contribution in [0.2, 0.25) is 0 Å². The van der Waals surface area contributed by atoms with Gasteiger partial charge in [-0.15, -0.1) is 0 Å². The zero-order valence-electron chi connectivity index (χ0n) is 14.6. The van der Waals surface area contributed by atoms with Gasteiger partial charge in [0.15, 0.2) is 0 Å². The molecule has 0 bridgehead atoms. The molecule has 1 saturated heterocycles. The fourth-order valence-corrected chi connectivity index (χ4v) is 3.50. The molecule has 1 fully saturated rings. The van der Waals surface area contributed by atoms with E-state index in [-0.39, 0.29) is 5.91 Å². The topological polar surface area (TPSA) is 23.6 Å². The Morgan fingerprint density at radius 2 is 1.71 bits per heavy atom. The van der Waals surface area contributed by atoms with E-state index >= 15 is 0 Å². The summed E-state index contributed by atoms with van der Waals surface area (Å²) >= 11 is 0. The van der Waals surface area contributed by atoms with Crippen LogP contribution in [0.15, 0.2) is 54.6 Å². The number of carbonyl (C=O) groups excluding carboxylic acids is 1. The third-order valence-corrected chi connectivity index (χ3v) is 4.81. The minimum Gasteiger partial charge on any atom is -0.345 e. The van der Waals surface area contributed by atoms with Gasteiger partial charge in [0.05, 0.1) is 0 Å². The molecule has 126 valence electrons. The molecular formula is C21H26N2O. The van der Waals surface area contributed by atoms with E-state index < -0.39 is 0 Å². The lowest BCUT2D eigenvalue weighted by atomic mass is 9.97. The lowest BCUT2D eigenvalue weighted by Crippen LogP contribution is -2.41. The van der Waals surface area contributed by atoms with Gasteiger partial charge in [-0.2, -0.15) is 0 Å². The summed E-state index contributed by atoms with van der Waals surface area (Å²) < 4.78 is 0. The second-order valence-electron chi connectivity index (χ2n) is 6.94. The molecule has 3 heteroatoms. The van der Waals surface area contributed by atoms with Gasteiger partial charge in [0.25, 0.3) is 0 Å². The standard InChI is InChI=1S/C21H26N2O/c1-22(15-18-10-13-21(24)23(2)16-18)14-17-8-11-20(12-9-17)19-6-4-3-5-7-19/h3-9,11-12,18H,10,13-16H2,1-2H3. The fraction of sp³-hybridized carbons (Fsp3) is 0.381. The van der Waals surface area contributed by atoms with E-state index in [2.05, 4.69) is 60.5 Å². The second kappa shape index (κ2) is 7.63. The number of amides is 1. The second-order valence-corrected chi connectivity index (χ2v) is 6.94. The van der Waals surface area contributed by atoms with Crippen LogP contribution in [-0.4, -0.2) is 42.9 Å². The highest BCUT2D eigenvalue weighted by atomic mass is 16.2. The lowest BCUT2D eigenvalue weighted by molar-refractivity contribution is -0.133. The van der Waals surface area contributed by atoms with Gasteiger partial charge in [0.1, 0.15) is 0 Å². The average Bonchev–Trinajstić information content (AvgIpc) is 2.59. The third-order valence-electron chi connectivity index (χ3n) is 4.81. The molecule has 1 aliphatic rings. The van der Waals surface area contributed by atoms with Crippen molar-refractivity contribution in [3.8, 4) is 11.1 Å². The number of hydrogen-bond donors (Lipinski definition) is 0. The van der Waals surface area contributed by atoms with Crippen LogP contribution in [0.1, 0.15) is 18.4 Å². The molecule has 1 atom stereocenters. The first kappa shape index (κ1) is 16.7. The van der Waals surface area contributed by atoms with Crippen molar-refractivity contribution in [3.63, 3.8) is 0 Å². The van der Waals surface area contributed by atoms with E-state index in [0.717, 1.165) is 26.1 Å². The number of piperidine rings is 1. The van der Waals surface area contributed by atoms with Gasteiger partial charge in [-0.3, -0.25) is 4.79 Å². The monoisotopic (exact) mass is 322 g/mol. The SMILES string of the molecule is CN(Cc1ccc(-c2ccccc2)cc1)CC1CCC(=O)N(C)C1. The predicted octanol–water partition coefficient (Wildman–Crippen LogP) is 3.65. The summed E-state index contributed by atoms with van der Waals surface area (Å²) in [4.78, 5) is 15.8. The summed E-state index contributed by atoms with van der Waals surface area (Å²) in [7, 11) is 4.08. The van der Waals surface area contributed by atoms with Gasteiger partial charge < -0.3 is 9.80 Å². The molecule has 0 N–H and O–H groups in total. The Hall–Kier alpha value is -2.13. The molecular weight excluding hydrogens is 296 g/mol. The van der Waals surface area contributed by atoms with Crippen LogP contribution in [0.25, 0.3) is 11.1 Å². The molecule has 3 rings (SSSR count). The molecule has 1 unspecified atom stereocenters. The summed E-state index contributed by atoms with van der Waals surface area (Å²) in [5, 5.41) is 0. The van der Waals surface area contributed by atoms with Crippen molar-refractivity contribution in [2.45, 2.75) is 19.4 Å². The molecule has 24 heavy (non-hydrogen) atoms. The van der Waals surface area contributed by atoms with Crippen LogP contribution >= 0.6 is 0 Å². The number of carbonyl (C=O) groups is 1. The highest BCUT2D eigenvalue weighted by Gasteiger charge is 2.23. The molecule has 1 aliphatic heterocycles. The normalized spacial score (nSPS) is 18.2. The minimum absolute atomic E-state index is 0.283. The van der Waals surface area contributed by atoms with E-state index in [1.807, 2.05) is 18.0 Å². The average molecular weight is 322 g/mol. The number of likely N-dealkylation sites (tertiary alicyclic amines) is 1. The van der Waals surface area contributed by atoms with E-state index in [9.17, 15) is 4.79 Å². The van der Waals surface area contributed by atoms with Gasteiger partial charge >= 0.3 is 0 Å². The van der Waals surface area contributed by atoms with Crippen molar-refractivity contribution in [3.05, 3.63) is 60.2 Å². The van der Waals surface area contributed by atoms with Gasteiger partial charge in [0, 0.05) is 33.1 Å². The number of nitrogens with zero attached hydrogens (tertiary/aromatic N) is 2. The Morgan fingerprint density at radius 3 is 2.38 bits per heavy atom. The zero-order chi connectivity index (χ0) is 16.9. The van der Waals surface area contributed by atoms with Gasteiger partial charge in [-0.05, 0) is 36.1 Å². The smallest absolute Gasteiger partial charge is 0.222 e. The number of rotatable bonds is 5. The van der Waals surface area contributed by atoms with Crippen LogP contribution in [0.4, 0.5) is 0 Å². The lowest BCUT2D eigenvalue weighted by Gasteiger charge is -2.32. The largest absolute Gasteiger partial charge is 0.345 e. The maximum absolute atomic E-state index is 11.6. The van der Waals surface area contributed by atoms with Crippen molar-refractivity contribution in [1.82, 2.24) is 9.80 Å². The fourth-order valence-electron chi connectivity index (χ4n) is 3.50. The predicted molar refractivity (Wildman–Crippen MR) is 98.6 cm³/mol. The molecule has 3 nitrogen and oxygen atoms in total. The molecule has 2 aromatic rings. The Kier molecular flexibility index (Phi) is 5.31. The molecule has 0 aliphatic carbocycles. The van der Waals surface area contributed by atoms with Crippen molar-refractivity contribution in [2.24, 2.45) is 5.92 Å². The third kappa shape index (κ3) is 4.24. The van der Waals surface area contributed by atoms with Crippen LogP contribution in [-0.2, 0) is 11.3 Å². The molecule has 0 radical (unpaired) electrons. The summed E-state index contributed by atoms with van der Waals surface area (Å²) in [6, 6.07) is 19.3. The van der Waals surface area contributed by atoms with Crippen molar-refractivity contribution < 1.29 is 4.79 Å². The number of hydrogen-bond acceptors (Lipinski definition) is 2. The van der Waals surface area contributed by atoms with E-state index in [1.54, 1.807) is 0 Å². The zero-order valence-corrected chi connectivity index (χ0v) is 14.6. The van der Waals surface area contributed by atoms with Crippen molar-refractivity contribution in [1.29, 1.82) is 0 Å². The Balaban J connectivity index is 1.55. The van der Waals surface area contributed by atoms with Crippen LogP contribution < -0.4 is 0 Å². The minimum atomic E-state index is 0.283. The van der Waals surface area contributed by atoms with Crippen LogP contribution in [0.5, 0.6) is 0 Å². The highest BCUT2D eigenvalue weighted by molar-refractivity contribution is 5.76. The summed E-state index contributed by atoms with van der Waals surface area (Å²) in [5.41, 5.74) is 3.85. The molecule has 0 aromatic heterocycles. The van der Waals surface area contributed by atoms with E-state index in [1.165, 1.54) is 16.7 Å². The highest BCUT2D eigenvalue weighted by Crippen LogP contribution is 2.21. The molecule has 0 spiro atoms. The van der Waals surface area contributed by atoms with Crippen molar-refractivity contribution in [2.75, 3.05) is 27.2 Å². The molecule has 2 aromatic carbocycles. The van der Waals surface area contributed by atoms with Crippen LogP contribution in [0.3, 0.4) is 0 Å². The van der Waals surface area contributed by atoms with E-state index in [4.69, 9.17) is 0 Å². The van der Waals surface area contributed by atoms with E-state index in [0.29, 0.717) is 12.3 Å². The molecule has 1 amide bonds. The first-order chi connectivity index (χ1) is 11.6. The Morgan fingerprint density at radius 1 is 1.04 bits per heavy atom. The first-order valence-electron chi connectivity index (χ1n) is 8.68. The first-order valence-corrected chi connectivity index (χ1v) is 8.68. The summed E-state index contributed by atoms with van der Waals surface area (Å²) in [5.74, 6) is 0.867.